The Morgan fingerprint density at radius 1 is 0.500 bits per heavy atom. The van der Waals surface area contributed by atoms with E-state index >= 15 is 0 Å². The van der Waals surface area contributed by atoms with Crippen molar-refractivity contribution in [3.05, 3.63) is 36.5 Å². The van der Waals surface area contributed by atoms with Gasteiger partial charge in [0.2, 0.25) is 5.91 Å². The first kappa shape index (κ1) is 71.9. The van der Waals surface area contributed by atoms with Crippen LogP contribution in [0.1, 0.15) is 303 Å². The first-order valence-corrected chi connectivity index (χ1v) is 32.3. The second kappa shape index (κ2) is 53.5. The Labute approximate surface area is 466 Å². The number of unbranched alkanes of at least 4 members (excludes halogenated alkanes) is 37. The molecular formula is C65H121NO10. The van der Waals surface area contributed by atoms with Crippen LogP contribution in [0, 0.1) is 0 Å². The van der Waals surface area contributed by atoms with Gasteiger partial charge in [0.05, 0.1) is 25.4 Å². The number of allylic oxidation sites excluding steroid dienone is 5. The molecule has 0 saturated carbocycles. The molecule has 1 aliphatic rings. The molecule has 0 radical (unpaired) electrons. The SMILES string of the molecule is CCCCCCCC/C=C/CCCCCCCCCCCCCCC(O)C(=O)NC(COC1OC(CO)C(O)C(O)C1OC(=O)CCCCC/C=C\CCCCCCCCC)C(O)/C=C/CCCCCCCCCCC. The molecule has 1 saturated heterocycles. The summed E-state index contributed by atoms with van der Waals surface area (Å²) in [7, 11) is 0. The van der Waals surface area contributed by atoms with Crippen LogP contribution in [0.2, 0.25) is 0 Å². The molecule has 0 bridgehead atoms. The van der Waals surface area contributed by atoms with Crippen molar-refractivity contribution < 1.29 is 49.3 Å². The largest absolute Gasteiger partial charge is 0.454 e. The number of hydrogen-bond donors (Lipinski definition) is 6. The Kier molecular flexibility index (Phi) is 50.6. The molecule has 1 amide bonds. The number of ether oxygens (including phenoxy) is 3. The van der Waals surface area contributed by atoms with E-state index in [0.717, 1.165) is 64.2 Å². The smallest absolute Gasteiger partial charge is 0.306 e. The van der Waals surface area contributed by atoms with Crippen LogP contribution in [0.5, 0.6) is 0 Å². The second-order valence-corrected chi connectivity index (χ2v) is 22.5. The maximum absolute atomic E-state index is 13.4. The minimum Gasteiger partial charge on any atom is -0.454 e. The van der Waals surface area contributed by atoms with Crippen LogP contribution in [0.3, 0.4) is 0 Å². The lowest BCUT2D eigenvalue weighted by atomic mass is 9.99. The molecule has 8 atom stereocenters. The van der Waals surface area contributed by atoms with E-state index in [1.165, 1.54) is 193 Å². The number of nitrogens with one attached hydrogen (secondary N) is 1. The van der Waals surface area contributed by atoms with Gasteiger partial charge < -0.3 is 45.1 Å². The van der Waals surface area contributed by atoms with Gasteiger partial charge in [-0.2, -0.15) is 0 Å². The first-order valence-electron chi connectivity index (χ1n) is 32.3. The quantitative estimate of drug-likeness (QED) is 0.0195. The summed E-state index contributed by atoms with van der Waals surface area (Å²) < 4.78 is 17.6. The molecule has 1 heterocycles. The van der Waals surface area contributed by atoms with Crippen molar-refractivity contribution in [2.75, 3.05) is 13.2 Å². The topological polar surface area (TPSA) is 175 Å². The molecule has 446 valence electrons. The number of carbonyl (C=O) groups is 2. The minimum atomic E-state index is -1.62. The van der Waals surface area contributed by atoms with Gasteiger partial charge >= 0.3 is 5.97 Å². The maximum atomic E-state index is 13.4. The molecule has 8 unspecified atom stereocenters. The summed E-state index contributed by atoms with van der Waals surface area (Å²) in [6.07, 6.45) is 53.4. The highest BCUT2D eigenvalue weighted by molar-refractivity contribution is 5.80. The lowest BCUT2D eigenvalue weighted by Gasteiger charge is -2.41. The molecule has 0 aromatic rings. The average Bonchev–Trinajstić information content (AvgIpc) is 3.42. The zero-order chi connectivity index (χ0) is 55.4. The number of aliphatic hydroxyl groups is 5. The highest BCUT2D eigenvalue weighted by Crippen LogP contribution is 2.26. The molecule has 76 heavy (non-hydrogen) atoms. The number of amides is 1. The van der Waals surface area contributed by atoms with Crippen molar-refractivity contribution in [1.29, 1.82) is 0 Å². The van der Waals surface area contributed by atoms with E-state index < -0.39 is 67.4 Å². The summed E-state index contributed by atoms with van der Waals surface area (Å²) in [6.45, 7) is 5.79. The fourth-order valence-electron chi connectivity index (χ4n) is 10.1. The minimum absolute atomic E-state index is 0.106. The van der Waals surface area contributed by atoms with Gasteiger partial charge in [0.1, 0.15) is 24.4 Å². The highest BCUT2D eigenvalue weighted by Gasteiger charge is 2.47. The van der Waals surface area contributed by atoms with E-state index in [1.807, 2.05) is 6.08 Å². The third-order valence-electron chi connectivity index (χ3n) is 15.3. The normalized spacial score (nSPS) is 19.3. The Morgan fingerprint density at radius 2 is 0.868 bits per heavy atom. The maximum Gasteiger partial charge on any atom is 0.306 e. The fraction of sp³-hybridized carbons (Fsp3) is 0.877. The number of rotatable bonds is 55. The standard InChI is InChI=1S/C65H121NO10/c1-4-7-10-13-16-19-22-24-26-27-28-29-30-31-32-33-34-37-40-43-46-49-52-58(69)64(73)66-56(57(68)51-48-45-42-39-36-21-18-15-12-9-6-3)55-74-65-63(62(72)61(71)59(54-67)75-65)76-60(70)53-50-47-44-41-38-35-25-23-20-17-14-11-8-5-2/h24,26,35,38,48,51,56-59,61-63,65,67-69,71-72H,4-23,25,27-34,36-37,39-47,49-50,52-55H2,1-3H3,(H,66,73)/b26-24+,38-35-,51-48+. The predicted octanol–water partition coefficient (Wildman–Crippen LogP) is 15.5. The zero-order valence-corrected chi connectivity index (χ0v) is 49.4. The van der Waals surface area contributed by atoms with E-state index in [4.69, 9.17) is 14.2 Å². The summed E-state index contributed by atoms with van der Waals surface area (Å²) in [5.41, 5.74) is 0. The number of esters is 1. The Bertz CT molecular complexity index is 1380. The molecule has 11 heteroatoms. The first-order chi connectivity index (χ1) is 37.2. The van der Waals surface area contributed by atoms with Crippen molar-refractivity contribution in [3.63, 3.8) is 0 Å². The van der Waals surface area contributed by atoms with Crippen LogP contribution < -0.4 is 5.32 Å². The van der Waals surface area contributed by atoms with E-state index in [0.29, 0.717) is 19.3 Å². The molecule has 6 N–H and O–H groups in total. The monoisotopic (exact) mass is 1080 g/mol. The summed E-state index contributed by atoms with van der Waals surface area (Å²) in [5, 5.41) is 57.0. The number of carbonyl (C=O) groups excluding carboxylic acids is 2. The molecule has 1 aliphatic heterocycles. The van der Waals surface area contributed by atoms with Gasteiger partial charge in [-0.3, -0.25) is 9.59 Å². The summed E-state index contributed by atoms with van der Waals surface area (Å²) in [4.78, 5) is 26.5. The molecule has 11 nitrogen and oxygen atoms in total. The van der Waals surface area contributed by atoms with Crippen molar-refractivity contribution in [3.8, 4) is 0 Å². The number of hydrogen-bond acceptors (Lipinski definition) is 10. The van der Waals surface area contributed by atoms with Gasteiger partial charge in [0, 0.05) is 6.42 Å². The van der Waals surface area contributed by atoms with Crippen LogP contribution in [0.4, 0.5) is 0 Å². The van der Waals surface area contributed by atoms with Crippen molar-refractivity contribution >= 4 is 11.9 Å². The van der Waals surface area contributed by atoms with Gasteiger partial charge in [0.15, 0.2) is 12.4 Å². The van der Waals surface area contributed by atoms with Crippen LogP contribution in [0.25, 0.3) is 0 Å². The van der Waals surface area contributed by atoms with E-state index in [-0.39, 0.29) is 13.0 Å². The molecule has 0 aromatic carbocycles. The van der Waals surface area contributed by atoms with E-state index in [1.54, 1.807) is 6.08 Å². The van der Waals surface area contributed by atoms with Crippen LogP contribution in [-0.2, 0) is 23.8 Å². The molecule has 0 aromatic heterocycles. The zero-order valence-electron chi connectivity index (χ0n) is 49.4. The lowest BCUT2D eigenvalue weighted by molar-refractivity contribution is -0.305. The molecule has 1 rings (SSSR count). The van der Waals surface area contributed by atoms with Gasteiger partial charge in [-0.05, 0) is 77.0 Å². The van der Waals surface area contributed by atoms with Gasteiger partial charge in [-0.15, -0.1) is 0 Å². The third kappa shape index (κ3) is 41.0. The van der Waals surface area contributed by atoms with Crippen LogP contribution >= 0.6 is 0 Å². The Hall–Kier alpha value is -2.12. The Morgan fingerprint density at radius 3 is 1.28 bits per heavy atom. The molecule has 1 fully saturated rings. The lowest BCUT2D eigenvalue weighted by Crippen LogP contribution is -2.61. The fourth-order valence-corrected chi connectivity index (χ4v) is 10.1. The van der Waals surface area contributed by atoms with E-state index in [9.17, 15) is 35.1 Å². The van der Waals surface area contributed by atoms with Crippen LogP contribution in [0.15, 0.2) is 36.5 Å². The summed E-state index contributed by atoms with van der Waals surface area (Å²) in [6, 6.07) is -1.02. The van der Waals surface area contributed by atoms with Gasteiger partial charge in [0.25, 0.3) is 0 Å². The van der Waals surface area contributed by atoms with Crippen molar-refractivity contribution in [2.24, 2.45) is 0 Å². The second-order valence-electron chi connectivity index (χ2n) is 22.5. The summed E-state index contributed by atoms with van der Waals surface area (Å²) in [5.74, 6) is -1.20. The third-order valence-corrected chi connectivity index (χ3v) is 15.3. The van der Waals surface area contributed by atoms with Crippen molar-refractivity contribution in [2.45, 2.75) is 352 Å². The van der Waals surface area contributed by atoms with Gasteiger partial charge in [-0.25, -0.2) is 0 Å². The summed E-state index contributed by atoms with van der Waals surface area (Å²) >= 11 is 0. The van der Waals surface area contributed by atoms with Gasteiger partial charge in [-0.1, -0.05) is 256 Å². The van der Waals surface area contributed by atoms with Crippen LogP contribution in [-0.4, -0.2) is 99.6 Å². The Balaban J connectivity index is 2.62. The predicted molar refractivity (Wildman–Crippen MR) is 315 cm³/mol. The highest BCUT2D eigenvalue weighted by atomic mass is 16.7. The molecule has 0 spiro atoms. The number of aliphatic hydroxyl groups excluding tert-OH is 5. The van der Waals surface area contributed by atoms with E-state index in [2.05, 4.69) is 50.4 Å². The van der Waals surface area contributed by atoms with Crippen molar-refractivity contribution in [1.82, 2.24) is 5.32 Å². The average molecular weight is 1080 g/mol. The molecular weight excluding hydrogens is 955 g/mol. The molecule has 0 aliphatic carbocycles.